The molecule has 54 valence electrons. The average molecular weight is 136 g/mol. The molecule has 0 amide bonds. The number of halogens is 2. The first-order chi connectivity index (χ1) is 4.14. The van der Waals surface area contributed by atoms with Crippen LogP contribution in [0.15, 0.2) is 0 Å². The van der Waals surface area contributed by atoms with Gasteiger partial charge in [-0.05, 0) is 12.8 Å². The third-order valence-corrected chi connectivity index (χ3v) is 1.55. The van der Waals surface area contributed by atoms with Gasteiger partial charge in [-0.1, -0.05) is 6.92 Å². The topological polar surface area (TPSA) is 9.23 Å². The Morgan fingerprint density at radius 3 is 2.56 bits per heavy atom. The van der Waals surface area contributed by atoms with Crippen molar-refractivity contribution in [2.24, 2.45) is 0 Å². The summed E-state index contributed by atoms with van der Waals surface area (Å²) in [5, 5.41) is 0. The predicted molar refractivity (Wildman–Crippen MR) is 29.3 cm³/mol. The lowest BCUT2D eigenvalue weighted by molar-refractivity contribution is -0.225. The first-order valence-corrected chi connectivity index (χ1v) is 3.19. The van der Waals surface area contributed by atoms with E-state index in [1.54, 1.807) is 0 Å². The highest BCUT2D eigenvalue weighted by Crippen LogP contribution is 2.33. The van der Waals surface area contributed by atoms with Gasteiger partial charge in [-0.2, -0.15) is 8.78 Å². The van der Waals surface area contributed by atoms with Crippen molar-refractivity contribution in [1.82, 2.24) is 0 Å². The van der Waals surface area contributed by atoms with Gasteiger partial charge in [-0.3, -0.25) is 0 Å². The van der Waals surface area contributed by atoms with Crippen molar-refractivity contribution in [3.8, 4) is 0 Å². The fourth-order valence-electron chi connectivity index (χ4n) is 0.978. The van der Waals surface area contributed by atoms with Crippen LogP contribution in [0, 0.1) is 0 Å². The van der Waals surface area contributed by atoms with Crippen LogP contribution in [0.5, 0.6) is 0 Å². The van der Waals surface area contributed by atoms with E-state index in [9.17, 15) is 8.78 Å². The van der Waals surface area contributed by atoms with Crippen LogP contribution in [0.4, 0.5) is 8.78 Å². The number of hydrogen-bond acceptors (Lipinski definition) is 1. The van der Waals surface area contributed by atoms with Crippen molar-refractivity contribution < 1.29 is 13.5 Å². The average Bonchev–Trinajstić information content (AvgIpc) is 2.10. The molecule has 1 nitrogen and oxygen atoms in total. The van der Waals surface area contributed by atoms with Gasteiger partial charge in [-0.25, -0.2) is 0 Å². The third kappa shape index (κ3) is 1.61. The Hall–Kier alpha value is -0.180. The van der Waals surface area contributed by atoms with Gasteiger partial charge in [0.05, 0.1) is 6.10 Å². The van der Waals surface area contributed by atoms with Gasteiger partial charge >= 0.3 is 6.11 Å². The van der Waals surface area contributed by atoms with Crippen LogP contribution >= 0.6 is 0 Å². The van der Waals surface area contributed by atoms with Gasteiger partial charge in [0.15, 0.2) is 0 Å². The minimum atomic E-state index is -2.83. The molecule has 0 N–H and O–H groups in total. The van der Waals surface area contributed by atoms with E-state index in [1.807, 2.05) is 6.92 Å². The second-order valence-electron chi connectivity index (χ2n) is 2.32. The third-order valence-electron chi connectivity index (χ3n) is 1.55. The van der Waals surface area contributed by atoms with E-state index < -0.39 is 6.11 Å². The van der Waals surface area contributed by atoms with Crippen molar-refractivity contribution in [3.63, 3.8) is 0 Å². The van der Waals surface area contributed by atoms with E-state index in [2.05, 4.69) is 4.74 Å². The molecule has 0 saturated carbocycles. The number of rotatable bonds is 1. The highest BCUT2D eigenvalue weighted by molar-refractivity contribution is 4.70. The summed E-state index contributed by atoms with van der Waals surface area (Å²) in [6.45, 7) is 1.85. The maximum absolute atomic E-state index is 12.2. The molecule has 1 atom stereocenters. The van der Waals surface area contributed by atoms with Crippen LogP contribution in [0.3, 0.4) is 0 Å². The highest BCUT2D eigenvalue weighted by atomic mass is 19.3. The van der Waals surface area contributed by atoms with Gasteiger partial charge in [0.25, 0.3) is 0 Å². The number of alkyl halides is 2. The standard InChI is InChI=1S/C6H10F2O/c1-2-5-3-4-6(7,8)9-5/h5H,2-4H2,1H3. The van der Waals surface area contributed by atoms with E-state index in [1.165, 1.54) is 0 Å². The smallest absolute Gasteiger partial charge is 0.317 e. The highest BCUT2D eigenvalue weighted by Gasteiger charge is 2.39. The lowest BCUT2D eigenvalue weighted by atomic mass is 10.2. The fraction of sp³-hybridized carbons (Fsp3) is 1.00. The van der Waals surface area contributed by atoms with E-state index >= 15 is 0 Å². The Balaban J connectivity index is 2.38. The van der Waals surface area contributed by atoms with E-state index in [0.29, 0.717) is 12.8 Å². The minimum Gasteiger partial charge on any atom is -0.317 e. The Morgan fingerprint density at radius 2 is 2.33 bits per heavy atom. The van der Waals surface area contributed by atoms with Gasteiger partial charge in [-0.15, -0.1) is 0 Å². The molecule has 1 unspecified atom stereocenters. The predicted octanol–water partition coefficient (Wildman–Crippen LogP) is 2.17. The maximum Gasteiger partial charge on any atom is 0.356 e. The van der Waals surface area contributed by atoms with Crippen LogP contribution in [0.2, 0.25) is 0 Å². The first kappa shape index (κ1) is 6.93. The molecule has 1 fully saturated rings. The molecular weight excluding hydrogens is 126 g/mol. The van der Waals surface area contributed by atoms with Crippen molar-refractivity contribution >= 4 is 0 Å². The molecule has 3 heteroatoms. The van der Waals surface area contributed by atoms with E-state index in [-0.39, 0.29) is 12.5 Å². The van der Waals surface area contributed by atoms with Crippen LogP contribution in [-0.2, 0) is 4.74 Å². The molecule has 0 radical (unpaired) electrons. The Kier molecular flexibility index (Phi) is 1.70. The SMILES string of the molecule is CCC1CCC(F)(F)O1. The van der Waals surface area contributed by atoms with Crippen molar-refractivity contribution in [3.05, 3.63) is 0 Å². The Labute approximate surface area is 53.0 Å². The molecule has 1 aliphatic rings. The van der Waals surface area contributed by atoms with Crippen molar-refractivity contribution in [1.29, 1.82) is 0 Å². The quantitative estimate of drug-likeness (QED) is 0.536. The monoisotopic (exact) mass is 136 g/mol. The summed E-state index contributed by atoms with van der Waals surface area (Å²) in [6, 6.07) is 0. The van der Waals surface area contributed by atoms with Crippen LogP contribution in [-0.4, -0.2) is 12.2 Å². The lowest BCUT2D eigenvalue weighted by Crippen LogP contribution is -2.15. The van der Waals surface area contributed by atoms with Crippen LogP contribution in [0.25, 0.3) is 0 Å². The van der Waals surface area contributed by atoms with Gasteiger partial charge in [0, 0.05) is 6.42 Å². The molecular formula is C6H10F2O. The summed E-state index contributed by atoms with van der Waals surface area (Å²) in [5.41, 5.74) is 0. The molecule has 0 bridgehead atoms. The fourth-order valence-corrected chi connectivity index (χ4v) is 0.978. The Morgan fingerprint density at radius 1 is 1.67 bits per heavy atom. The summed E-state index contributed by atoms with van der Waals surface area (Å²) in [4.78, 5) is 0. The number of ether oxygens (including phenoxy) is 1. The summed E-state index contributed by atoms with van der Waals surface area (Å²) in [5.74, 6) is 0. The molecule has 0 aliphatic carbocycles. The summed E-state index contributed by atoms with van der Waals surface area (Å²) in [7, 11) is 0. The zero-order valence-electron chi connectivity index (χ0n) is 5.36. The van der Waals surface area contributed by atoms with Gasteiger partial charge < -0.3 is 4.74 Å². The minimum absolute atomic E-state index is 0.106. The van der Waals surface area contributed by atoms with Crippen LogP contribution < -0.4 is 0 Å². The first-order valence-electron chi connectivity index (χ1n) is 3.19. The second-order valence-corrected chi connectivity index (χ2v) is 2.32. The largest absolute Gasteiger partial charge is 0.356 e. The molecule has 1 saturated heterocycles. The summed E-state index contributed by atoms with van der Waals surface area (Å²) < 4.78 is 28.7. The summed E-state index contributed by atoms with van der Waals surface area (Å²) in [6.07, 6.45) is -1.95. The molecule has 0 aromatic heterocycles. The number of hydrogen-bond donors (Lipinski definition) is 0. The van der Waals surface area contributed by atoms with Gasteiger partial charge in [0.1, 0.15) is 0 Å². The second kappa shape index (κ2) is 2.21. The molecule has 0 aromatic carbocycles. The van der Waals surface area contributed by atoms with E-state index in [0.717, 1.165) is 0 Å². The zero-order chi connectivity index (χ0) is 6.91. The van der Waals surface area contributed by atoms with E-state index in [4.69, 9.17) is 0 Å². The molecule has 1 aliphatic heterocycles. The molecule has 9 heavy (non-hydrogen) atoms. The Bertz CT molecular complexity index is 103. The van der Waals surface area contributed by atoms with Gasteiger partial charge in [0.2, 0.25) is 0 Å². The molecule has 1 heterocycles. The lowest BCUT2D eigenvalue weighted by Gasteiger charge is -2.09. The molecule has 1 rings (SSSR count). The zero-order valence-corrected chi connectivity index (χ0v) is 5.36. The summed E-state index contributed by atoms with van der Waals surface area (Å²) >= 11 is 0. The van der Waals surface area contributed by atoms with Crippen molar-refractivity contribution in [2.75, 3.05) is 0 Å². The normalized spacial score (nSPS) is 33.0. The maximum atomic E-state index is 12.2. The van der Waals surface area contributed by atoms with Crippen molar-refractivity contribution in [2.45, 2.75) is 38.4 Å². The van der Waals surface area contributed by atoms with Crippen LogP contribution in [0.1, 0.15) is 26.2 Å². The molecule has 0 spiro atoms. The molecule has 0 aromatic rings.